The Labute approximate surface area is 157 Å². The number of anilines is 1. The summed E-state index contributed by atoms with van der Waals surface area (Å²) in [6, 6.07) is 13.5. The molecule has 1 fully saturated rings. The van der Waals surface area contributed by atoms with Crippen LogP contribution >= 0.6 is 0 Å². The largest absolute Gasteiger partial charge is 0.334 e. The van der Waals surface area contributed by atoms with Crippen molar-refractivity contribution in [2.45, 2.75) is 36.6 Å². The highest BCUT2D eigenvalue weighted by Crippen LogP contribution is 2.37. The maximum Gasteiger partial charge on any atom is 0.261 e. The maximum atomic E-state index is 12.7. The maximum absolute atomic E-state index is 12.7. The molecular weight excluding hydrogens is 364 g/mol. The minimum Gasteiger partial charge on any atom is -0.334 e. The van der Waals surface area contributed by atoms with E-state index in [0.29, 0.717) is 17.1 Å². The van der Waals surface area contributed by atoms with Gasteiger partial charge in [0.25, 0.3) is 15.9 Å². The smallest absolute Gasteiger partial charge is 0.261 e. The number of hydrogen-bond donors (Lipinski definition) is 2. The van der Waals surface area contributed by atoms with E-state index in [1.165, 1.54) is 12.1 Å². The van der Waals surface area contributed by atoms with Gasteiger partial charge in [0, 0.05) is 11.3 Å². The average molecular weight is 384 g/mol. The first-order valence-corrected chi connectivity index (χ1v) is 10.2. The van der Waals surface area contributed by atoms with Crippen LogP contribution in [0.5, 0.6) is 0 Å². The minimum absolute atomic E-state index is 0.117. The van der Waals surface area contributed by atoms with Gasteiger partial charge in [0.05, 0.1) is 10.4 Å². The molecule has 7 nitrogen and oxygen atoms in total. The molecule has 8 heteroatoms. The van der Waals surface area contributed by atoms with Crippen molar-refractivity contribution in [2.24, 2.45) is 5.73 Å². The molecule has 0 saturated heterocycles. The lowest BCUT2D eigenvalue weighted by Gasteiger charge is -2.34. The third-order valence-corrected chi connectivity index (χ3v) is 6.19. The third kappa shape index (κ3) is 3.45. The van der Waals surface area contributed by atoms with Gasteiger partial charge in [-0.2, -0.15) is 4.98 Å². The van der Waals surface area contributed by atoms with Crippen LogP contribution in [0.3, 0.4) is 0 Å². The molecule has 1 saturated carbocycles. The van der Waals surface area contributed by atoms with Crippen LogP contribution in [0.15, 0.2) is 57.9 Å². The van der Waals surface area contributed by atoms with E-state index in [-0.39, 0.29) is 10.8 Å². The fourth-order valence-electron chi connectivity index (χ4n) is 2.96. The zero-order valence-electron chi connectivity index (χ0n) is 14.8. The lowest BCUT2D eigenvalue weighted by atomic mass is 9.77. The van der Waals surface area contributed by atoms with Crippen molar-refractivity contribution >= 4 is 15.7 Å². The lowest BCUT2D eigenvalue weighted by molar-refractivity contribution is 0.229. The van der Waals surface area contributed by atoms with E-state index in [4.69, 9.17) is 10.3 Å². The van der Waals surface area contributed by atoms with Crippen LogP contribution in [0.25, 0.3) is 11.5 Å². The van der Waals surface area contributed by atoms with Crippen LogP contribution in [0.4, 0.5) is 5.69 Å². The summed E-state index contributed by atoms with van der Waals surface area (Å²) in [6.07, 6.45) is 2.68. The van der Waals surface area contributed by atoms with Gasteiger partial charge in [-0.05, 0) is 56.5 Å². The molecule has 0 radical (unpaired) electrons. The first-order valence-electron chi connectivity index (χ1n) is 8.69. The summed E-state index contributed by atoms with van der Waals surface area (Å²) in [5, 5.41) is 3.98. The first kappa shape index (κ1) is 17.7. The van der Waals surface area contributed by atoms with Crippen molar-refractivity contribution < 1.29 is 12.9 Å². The van der Waals surface area contributed by atoms with Crippen molar-refractivity contribution in [1.82, 2.24) is 10.1 Å². The molecule has 1 aliphatic rings. The van der Waals surface area contributed by atoms with Gasteiger partial charge in [0.1, 0.15) is 0 Å². The highest BCUT2D eigenvalue weighted by Gasteiger charge is 2.39. The van der Waals surface area contributed by atoms with Gasteiger partial charge in [0.2, 0.25) is 0 Å². The topological polar surface area (TPSA) is 111 Å². The Kier molecular flexibility index (Phi) is 4.24. The predicted octanol–water partition coefficient (Wildman–Crippen LogP) is 3.18. The Morgan fingerprint density at radius 3 is 2.56 bits per heavy atom. The minimum atomic E-state index is -3.74. The van der Waals surface area contributed by atoms with Gasteiger partial charge >= 0.3 is 0 Å². The molecule has 1 aromatic heterocycles. The molecule has 3 aromatic rings. The van der Waals surface area contributed by atoms with Crippen molar-refractivity contribution in [2.75, 3.05) is 4.72 Å². The SMILES string of the molecule is Cc1ccc(NS(=O)(=O)c2cccc(-c3nc(C4(N)CCC4)no3)c2)cc1. The summed E-state index contributed by atoms with van der Waals surface area (Å²) in [5.74, 6) is 0.726. The Morgan fingerprint density at radius 1 is 1.15 bits per heavy atom. The molecule has 0 unspecified atom stereocenters. The third-order valence-electron chi connectivity index (χ3n) is 4.81. The van der Waals surface area contributed by atoms with Gasteiger partial charge in [-0.15, -0.1) is 0 Å². The van der Waals surface area contributed by atoms with Crippen LogP contribution in [-0.2, 0) is 15.6 Å². The summed E-state index contributed by atoms with van der Waals surface area (Å²) >= 11 is 0. The van der Waals surface area contributed by atoms with Crippen molar-refractivity contribution in [3.8, 4) is 11.5 Å². The zero-order valence-corrected chi connectivity index (χ0v) is 15.7. The molecule has 4 rings (SSSR count). The van der Waals surface area contributed by atoms with E-state index in [0.717, 1.165) is 24.8 Å². The normalized spacial score (nSPS) is 15.9. The van der Waals surface area contributed by atoms with Gasteiger partial charge in [0.15, 0.2) is 5.82 Å². The molecule has 0 atom stereocenters. The Bertz CT molecular complexity index is 1070. The fourth-order valence-corrected chi connectivity index (χ4v) is 4.06. The van der Waals surface area contributed by atoms with Gasteiger partial charge in [-0.25, -0.2) is 8.42 Å². The molecule has 1 heterocycles. The molecule has 3 N–H and O–H groups in total. The standard InChI is InChI=1S/C19H20N4O3S/c1-13-6-8-15(9-7-13)23-27(24,25)16-5-2-4-14(12-16)17-21-18(22-26-17)19(20)10-3-11-19/h2,4-9,12,23H,3,10-11,20H2,1H3. The van der Waals surface area contributed by atoms with E-state index >= 15 is 0 Å². The average Bonchev–Trinajstić information content (AvgIpc) is 3.12. The van der Waals surface area contributed by atoms with E-state index in [2.05, 4.69) is 14.9 Å². The number of sulfonamides is 1. The van der Waals surface area contributed by atoms with Crippen LogP contribution in [-0.4, -0.2) is 18.6 Å². The Balaban J connectivity index is 1.61. The molecule has 0 bridgehead atoms. The number of hydrogen-bond acceptors (Lipinski definition) is 6. The molecule has 0 amide bonds. The number of nitrogens with one attached hydrogen (secondary N) is 1. The predicted molar refractivity (Wildman–Crippen MR) is 101 cm³/mol. The summed E-state index contributed by atoms with van der Waals surface area (Å²) in [6.45, 7) is 1.94. The van der Waals surface area contributed by atoms with E-state index in [1.54, 1.807) is 24.3 Å². The van der Waals surface area contributed by atoms with Gasteiger partial charge in [-0.1, -0.05) is 28.9 Å². The molecule has 27 heavy (non-hydrogen) atoms. The number of rotatable bonds is 5. The number of benzene rings is 2. The first-order chi connectivity index (χ1) is 12.9. The quantitative estimate of drug-likeness (QED) is 0.699. The van der Waals surface area contributed by atoms with E-state index < -0.39 is 15.6 Å². The van der Waals surface area contributed by atoms with Crippen LogP contribution in [0.1, 0.15) is 30.7 Å². The second-order valence-electron chi connectivity index (χ2n) is 6.93. The molecule has 140 valence electrons. The van der Waals surface area contributed by atoms with E-state index in [1.807, 2.05) is 19.1 Å². The fraction of sp³-hybridized carbons (Fsp3) is 0.263. The van der Waals surface area contributed by atoms with Crippen molar-refractivity contribution in [3.63, 3.8) is 0 Å². The molecule has 1 aliphatic carbocycles. The van der Waals surface area contributed by atoms with E-state index in [9.17, 15) is 8.42 Å². The van der Waals surface area contributed by atoms with Crippen LogP contribution < -0.4 is 10.5 Å². The van der Waals surface area contributed by atoms with Gasteiger partial charge in [-0.3, -0.25) is 4.72 Å². The Hall–Kier alpha value is -2.71. The number of nitrogens with zero attached hydrogens (tertiary/aromatic N) is 2. The molecule has 0 aliphatic heterocycles. The van der Waals surface area contributed by atoms with Crippen LogP contribution in [0.2, 0.25) is 0 Å². The summed E-state index contributed by atoms with van der Waals surface area (Å²) in [4.78, 5) is 4.49. The highest BCUT2D eigenvalue weighted by atomic mass is 32.2. The summed E-state index contributed by atoms with van der Waals surface area (Å²) < 4.78 is 33.3. The van der Waals surface area contributed by atoms with Gasteiger partial charge < -0.3 is 10.3 Å². The van der Waals surface area contributed by atoms with Crippen LogP contribution in [0, 0.1) is 6.92 Å². The second-order valence-corrected chi connectivity index (χ2v) is 8.61. The van der Waals surface area contributed by atoms with Crippen molar-refractivity contribution in [1.29, 1.82) is 0 Å². The number of aromatic nitrogens is 2. The number of nitrogens with two attached hydrogens (primary N) is 1. The summed E-state index contributed by atoms with van der Waals surface area (Å²) in [7, 11) is -3.74. The lowest BCUT2D eigenvalue weighted by Crippen LogP contribution is -2.44. The summed E-state index contributed by atoms with van der Waals surface area (Å²) in [5.41, 5.74) is 7.78. The monoisotopic (exact) mass is 384 g/mol. The molecule has 0 spiro atoms. The second kappa shape index (κ2) is 6.47. The number of aryl methyl sites for hydroxylation is 1. The van der Waals surface area contributed by atoms with Crippen molar-refractivity contribution in [3.05, 3.63) is 59.9 Å². The molecular formula is C19H20N4O3S. The Morgan fingerprint density at radius 2 is 1.89 bits per heavy atom. The molecule has 2 aromatic carbocycles. The highest BCUT2D eigenvalue weighted by molar-refractivity contribution is 7.92. The zero-order chi connectivity index (χ0) is 19.1.